The molecule has 1 heterocycles. The Bertz CT molecular complexity index is 586. The van der Waals surface area contributed by atoms with E-state index in [1.165, 1.54) is 12.1 Å². The van der Waals surface area contributed by atoms with E-state index >= 15 is 0 Å². The number of halogens is 2. The summed E-state index contributed by atoms with van der Waals surface area (Å²) in [7, 11) is 0. The fourth-order valence-electron chi connectivity index (χ4n) is 1.31. The monoisotopic (exact) mass is 265 g/mol. The van der Waals surface area contributed by atoms with Gasteiger partial charge in [-0.25, -0.2) is 9.37 Å². The number of nitrogens with zero attached hydrogens (tertiary/aromatic N) is 1. The number of nitrogen functional groups attached to an aromatic ring is 1. The molecule has 4 nitrogen and oxygen atoms in total. The van der Waals surface area contributed by atoms with Gasteiger partial charge in [0.05, 0.1) is 16.9 Å². The molecule has 6 heteroatoms. The highest BCUT2D eigenvalue weighted by molar-refractivity contribution is 6.33. The van der Waals surface area contributed by atoms with E-state index in [0.29, 0.717) is 16.4 Å². The molecule has 3 N–H and O–H groups in total. The van der Waals surface area contributed by atoms with Gasteiger partial charge in [-0.1, -0.05) is 11.6 Å². The summed E-state index contributed by atoms with van der Waals surface area (Å²) >= 11 is 5.82. The molecule has 0 aliphatic carbocycles. The molecule has 1 amide bonds. The highest BCUT2D eigenvalue weighted by Gasteiger charge is 2.08. The molecule has 1 aromatic carbocycles. The maximum Gasteiger partial charge on any atom is 0.274 e. The van der Waals surface area contributed by atoms with Gasteiger partial charge in [-0.15, -0.1) is 0 Å². The first-order valence-electron chi connectivity index (χ1n) is 5.04. The average molecular weight is 266 g/mol. The van der Waals surface area contributed by atoms with Gasteiger partial charge in [0.15, 0.2) is 0 Å². The van der Waals surface area contributed by atoms with Gasteiger partial charge < -0.3 is 11.1 Å². The lowest BCUT2D eigenvalue weighted by atomic mass is 10.2. The molecule has 2 rings (SSSR count). The molecular formula is C12H9ClFN3O. The van der Waals surface area contributed by atoms with Crippen molar-refractivity contribution in [3.8, 4) is 0 Å². The second kappa shape index (κ2) is 5.01. The molecule has 0 bridgehead atoms. The number of benzene rings is 1. The Morgan fingerprint density at radius 2 is 2.11 bits per heavy atom. The molecule has 0 saturated heterocycles. The summed E-state index contributed by atoms with van der Waals surface area (Å²) in [4.78, 5) is 15.4. The van der Waals surface area contributed by atoms with E-state index in [0.717, 1.165) is 12.3 Å². The Balaban J connectivity index is 2.16. The molecule has 2 aromatic rings. The number of nitrogens with two attached hydrogens (primary N) is 1. The van der Waals surface area contributed by atoms with E-state index in [2.05, 4.69) is 10.3 Å². The summed E-state index contributed by atoms with van der Waals surface area (Å²) in [6, 6.07) is 7.18. The Morgan fingerprint density at radius 1 is 1.33 bits per heavy atom. The van der Waals surface area contributed by atoms with Crippen molar-refractivity contribution in [2.75, 3.05) is 11.1 Å². The molecule has 0 fully saturated rings. The van der Waals surface area contributed by atoms with Gasteiger partial charge in [0, 0.05) is 5.69 Å². The molecule has 0 spiro atoms. The first-order chi connectivity index (χ1) is 8.56. The molecule has 0 aliphatic rings. The van der Waals surface area contributed by atoms with Gasteiger partial charge in [0.2, 0.25) is 0 Å². The molecule has 18 heavy (non-hydrogen) atoms. The van der Waals surface area contributed by atoms with Crippen LogP contribution in [0.25, 0.3) is 0 Å². The molecule has 0 aliphatic heterocycles. The first kappa shape index (κ1) is 12.3. The summed E-state index contributed by atoms with van der Waals surface area (Å²) in [5.41, 5.74) is 6.58. The number of hydrogen-bond acceptors (Lipinski definition) is 3. The van der Waals surface area contributed by atoms with Crippen LogP contribution < -0.4 is 11.1 Å². The predicted molar refractivity (Wildman–Crippen MR) is 68.0 cm³/mol. The van der Waals surface area contributed by atoms with Gasteiger partial charge in [0.1, 0.15) is 11.5 Å². The third kappa shape index (κ3) is 2.75. The van der Waals surface area contributed by atoms with Crippen molar-refractivity contribution >= 4 is 28.9 Å². The van der Waals surface area contributed by atoms with Crippen molar-refractivity contribution in [2.24, 2.45) is 0 Å². The zero-order chi connectivity index (χ0) is 13.1. The zero-order valence-corrected chi connectivity index (χ0v) is 9.91. The molecule has 0 atom stereocenters. The van der Waals surface area contributed by atoms with Crippen molar-refractivity contribution in [3.05, 3.63) is 53.1 Å². The smallest absolute Gasteiger partial charge is 0.274 e. The minimum atomic E-state index is -0.498. The lowest BCUT2D eigenvalue weighted by molar-refractivity contribution is 0.102. The van der Waals surface area contributed by atoms with Crippen LogP contribution in [0.15, 0.2) is 36.5 Å². The SMILES string of the molecule is Nc1ccc(NC(=O)c2ccc(F)cn2)cc1Cl. The standard InChI is InChI=1S/C12H9ClFN3O/c13-9-5-8(2-3-10(9)15)17-12(18)11-4-1-7(14)6-16-11/h1-6H,15H2,(H,17,18). The lowest BCUT2D eigenvalue weighted by Crippen LogP contribution is -2.13. The zero-order valence-electron chi connectivity index (χ0n) is 9.15. The number of amides is 1. The summed E-state index contributed by atoms with van der Waals surface area (Å²) in [6.07, 6.45) is 0.977. The number of pyridine rings is 1. The average Bonchev–Trinajstić information content (AvgIpc) is 2.34. The Morgan fingerprint density at radius 3 is 2.72 bits per heavy atom. The van der Waals surface area contributed by atoms with Gasteiger partial charge in [-0.05, 0) is 30.3 Å². The van der Waals surface area contributed by atoms with Crippen LogP contribution >= 0.6 is 11.6 Å². The van der Waals surface area contributed by atoms with Gasteiger partial charge in [0.25, 0.3) is 5.91 Å². The molecule has 0 radical (unpaired) electrons. The fraction of sp³-hybridized carbons (Fsp3) is 0. The Kier molecular flexibility index (Phi) is 3.43. The molecule has 1 aromatic heterocycles. The van der Waals surface area contributed by atoms with E-state index < -0.39 is 11.7 Å². The van der Waals surface area contributed by atoms with Crippen LogP contribution in [-0.2, 0) is 0 Å². The maximum absolute atomic E-state index is 12.6. The fourth-order valence-corrected chi connectivity index (χ4v) is 1.49. The van der Waals surface area contributed by atoms with E-state index in [1.54, 1.807) is 12.1 Å². The predicted octanol–water partition coefficient (Wildman–Crippen LogP) is 2.71. The number of nitrogens with one attached hydrogen (secondary N) is 1. The number of carbonyl (C=O) groups excluding carboxylic acids is 1. The summed E-state index contributed by atoms with van der Waals surface area (Å²) in [6.45, 7) is 0. The largest absolute Gasteiger partial charge is 0.398 e. The number of carbonyl (C=O) groups is 1. The van der Waals surface area contributed by atoms with Crippen LogP contribution in [-0.4, -0.2) is 10.9 Å². The minimum Gasteiger partial charge on any atom is -0.398 e. The van der Waals surface area contributed by atoms with Crippen LogP contribution in [0.2, 0.25) is 5.02 Å². The van der Waals surface area contributed by atoms with Crippen molar-refractivity contribution < 1.29 is 9.18 Å². The topological polar surface area (TPSA) is 68.0 Å². The Labute approximate surface area is 108 Å². The highest BCUT2D eigenvalue weighted by Crippen LogP contribution is 2.22. The number of anilines is 2. The van der Waals surface area contributed by atoms with Crippen molar-refractivity contribution in [1.29, 1.82) is 0 Å². The third-order valence-corrected chi connectivity index (χ3v) is 2.55. The molecule has 0 saturated carbocycles. The number of rotatable bonds is 2. The van der Waals surface area contributed by atoms with Crippen molar-refractivity contribution in [3.63, 3.8) is 0 Å². The summed E-state index contributed by atoms with van der Waals surface area (Å²) in [5, 5.41) is 2.93. The van der Waals surface area contributed by atoms with Crippen LogP contribution in [0.4, 0.5) is 15.8 Å². The van der Waals surface area contributed by atoms with Crippen LogP contribution in [0, 0.1) is 5.82 Å². The van der Waals surface area contributed by atoms with Crippen LogP contribution in [0.1, 0.15) is 10.5 Å². The molecule has 92 valence electrons. The molecule has 0 unspecified atom stereocenters. The highest BCUT2D eigenvalue weighted by atomic mass is 35.5. The summed E-state index contributed by atoms with van der Waals surface area (Å²) < 4.78 is 12.6. The van der Waals surface area contributed by atoms with E-state index in [4.69, 9.17) is 17.3 Å². The van der Waals surface area contributed by atoms with Gasteiger partial charge >= 0.3 is 0 Å². The van der Waals surface area contributed by atoms with Crippen molar-refractivity contribution in [1.82, 2.24) is 4.98 Å². The van der Waals surface area contributed by atoms with Gasteiger partial charge in [-0.3, -0.25) is 4.79 Å². The van der Waals surface area contributed by atoms with E-state index in [1.807, 2.05) is 0 Å². The Hall–Kier alpha value is -2.14. The van der Waals surface area contributed by atoms with Crippen LogP contribution in [0.5, 0.6) is 0 Å². The lowest BCUT2D eigenvalue weighted by Gasteiger charge is -2.06. The summed E-state index contributed by atoms with van der Waals surface area (Å²) in [5.74, 6) is -0.946. The van der Waals surface area contributed by atoms with E-state index in [-0.39, 0.29) is 5.69 Å². The first-order valence-corrected chi connectivity index (χ1v) is 5.42. The second-order valence-corrected chi connectivity index (χ2v) is 3.96. The second-order valence-electron chi connectivity index (χ2n) is 3.55. The number of hydrogen-bond donors (Lipinski definition) is 2. The third-order valence-electron chi connectivity index (χ3n) is 2.22. The maximum atomic E-state index is 12.6. The molecular weight excluding hydrogens is 257 g/mol. The quantitative estimate of drug-likeness (QED) is 0.821. The minimum absolute atomic E-state index is 0.115. The van der Waals surface area contributed by atoms with Crippen molar-refractivity contribution in [2.45, 2.75) is 0 Å². The van der Waals surface area contributed by atoms with Gasteiger partial charge in [-0.2, -0.15) is 0 Å². The number of aromatic nitrogens is 1. The van der Waals surface area contributed by atoms with Crippen LogP contribution in [0.3, 0.4) is 0 Å². The normalized spacial score (nSPS) is 10.1. The van der Waals surface area contributed by atoms with E-state index in [9.17, 15) is 9.18 Å².